The van der Waals surface area contributed by atoms with Crippen LogP contribution >= 0.6 is 0 Å². The number of benzene rings is 2. The van der Waals surface area contributed by atoms with Crippen molar-refractivity contribution in [3.63, 3.8) is 0 Å². The smallest absolute Gasteiger partial charge is 0.224 e. The van der Waals surface area contributed by atoms with Crippen molar-refractivity contribution >= 4 is 23.4 Å². The number of aromatic nitrogens is 2. The first kappa shape index (κ1) is 19.4. The molecule has 3 N–H and O–H groups in total. The van der Waals surface area contributed by atoms with Gasteiger partial charge in [0.25, 0.3) is 0 Å². The molecule has 0 atom stereocenters. The molecule has 6 heteroatoms. The molecule has 0 fully saturated rings. The van der Waals surface area contributed by atoms with Crippen LogP contribution in [-0.2, 0) is 11.2 Å². The van der Waals surface area contributed by atoms with Gasteiger partial charge in [-0.05, 0) is 31.5 Å². The highest BCUT2D eigenvalue weighted by Crippen LogP contribution is 2.17. The molecule has 1 amide bonds. The van der Waals surface area contributed by atoms with Crippen molar-refractivity contribution in [3.05, 3.63) is 77.5 Å². The zero-order chi connectivity index (χ0) is 19.8. The minimum absolute atomic E-state index is 0.000104. The van der Waals surface area contributed by atoms with Crippen molar-refractivity contribution in [3.8, 4) is 0 Å². The molecule has 0 spiro atoms. The van der Waals surface area contributed by atoms with E-state index in [0.29, 0.717) is 25.5 Å². The SMILES string of the molecule is Cc1ccc(Nc2cc(C)nc(NCCNC(=O)Cc3ccccc3)n2)cc1. The van der Waals surface area contributed by atoms with Gasteiger partial charge in [0.1, 0.15) is 5.82 Å². The first-order chi connectivity index (χ1) is 13.6. The molecule has 1 aromatic heterocycles. The van der Waals surface area contributed by atoms with Gasteiger partial charge in [-0.2, -0.15) is 4.98 Å². The Bertz CT molecular complexity index is 910. The Morgan fingerprint density at radius 1 is 0.929 bits per heavy atom. The normalized spacial score (nSPS) is 10.4. The van der Waals surface area contributed by atoms with Crippen molar-refractivity contribution in [1.29, 1.82) is 0 Å². The Kier molecular flexibility index (Phi) is 6.57. The van der Waals surface area contributed by atoms with Gasteiger partial charge in [0.2, 0.25) is 11.9 Å². The summed E-state index contributed by atoms with van der Waals surface area (Å²) in [6.45, 7) is 5.03. The summed E-state index contributed by atoms with van der Waals surface area (Å²) in [7, 11) is 0. The highest BCUT2D eigenvalue weighted by Gasteiger charge is 2.05. The summed E-state index contributed by atoms with van der Waals surface area (Å²) in [6.07, 6.45) is 0.381. The van der Waals surface area contributed by atoms with Crippen molar-refractivity contribution < 1.29 is 4.79 Å². The van der Waals surface area contributed by atoms with Crippen LogP contribution in [0.3, 0.4) is 0 Å². The molecule has 0 saturated heterocycles. The van der Waals surface area contributed by atoms with E-state index in [0.717, 1.165) is 22.8 Å². The van der Waals surface area contributed by atoms with E-state index in [1.54, 1.807) is 0 Å². The zero-order valence-electron chi connectivity index (χ0n) is 16.2. The van der Waals surface area contributed by atoms with Gasteiger partial charge >= 0.3 is 0 Å². The standard InChI is InChI=1S/C22H25N5O/c1-16-8-10-19(11-9-16)26-20-14-17(2)25-22(27-20)24-13-12-23-21(28)15-18-6-4-3-5-7-18/h3-11,14H,12-13,15H2,1-2H3,(H,23,28)(H2,24,25,26,27). The monoisotopic (exact) mass is 375 g/mol. The molecule has 6 nitrogen and oxygen atoms in total. The van der Waals surface area contributed by atoms with Crippen molar-refractivity contribution in [2.24, 2.45) is 0 Å². The lowest BCUT2D eigenvalue weighted by Gasteiger charge is -2.11. The number of rotatable bonds is 8. The number of hydrogen-bond donors (Lipinski definition) is 3. The van der Waals surface area contributed by atoms with Crippen LogP contribution in [0.2, 0.25) is 0 Å². The van der Waals surface area contributed by atoms with Gasteiger partial charge in [-0.25, -0.2) is 4.98 Å². The van der Waals surface area contributed by atoms with Crippen molar-refractivity contribution in [2.75, 3.05) is 23.7 Å². The fourth-order valence-electron chi connectivity index (χ4n) is 2.72. The zero-order valence-corrected chi connectivity index (χ0v) is 16.2. The molecule has 0 aliphatic rings. The summed E-state index contributed by atoms with van der Waals surface area (Å²) in [6, 6.07) is 19.7. The third kappa shape index (κ3) is 6.09. The molecule has 28 heavy (non-hydrogen) atoms. The number of anilines is 3. The lowest BCUT2D eigenvalue weighted by molar-refractivity contribution is -0.120. The van der Waals surface area contributed by atoms with E-state index >= 15 is 0 Å². The highest BCUT2D eigenvalue weighted by atomic mass is 16.1. The Balaban J connectivity index is 1.48. The van der Waals surface area contributed by atoms with Gasteiger partial charge in [-0.1, -0.05) is 48.0 Å². The van der Waals surface area contributed by atoms with Gasteiger partial charge in [-0.15, -0.1) is 0 Å². The van der Waals surface area contributed by atoms with E-state index in [2.05, 4.69) is 32.8 Å². The van der Waals surface area contributed by atoms with Crippen LogP contribution in [0.1, 0.15) is 16.8 Å². The molecule has 3 rings (SSSR count). The Morgan fingerprint density at radius 3 is 2.43 bits per heavy atom. The average molecular weight is 375 g/mol. The summed E-state index contributed by atoms with van der Waals surface area (Å²) < 4.78 is 0. The molecular weight excluding hydrogens is 350 g/mol. The molecule has 144 valence electrons. The van der Waals surface area contributed by atoms with Gasteiger partial charge in [0, 0.05) is 30.5 Å². The Hall–Kier alpha value is -3.41. The van der Waals surface area contributed by atoms with Gasteiger partial charge < -0.3 is 16.0 Å². The van der Waals surface area contributed by atoms with Crippen LogP contribution in [0.4, 0.5) is 17.5 Å². The molecular formula is C22H25N5O. The van der Waals surface area contributed by atoms with E-state index in [1.165, 1.54) is 5.56 Å². The fourth-order valence-corrected chi connectivity index (χ4v) is 2.72. The third-order valence-corrected chi connectivity index (χ3v) is 4.12. The number of nitrogens with one attached hydrogen (secondary N) is 3. The van der Waals surface area contributed by atoms with Crippen LogP contribution in [-0.4, -0.2) is 29.0 Å². The first-order valence-electron chi connectivity index (χ1n) is 9.32. The number of carbonyl (C=O) groups excluding carboxylic acids is 1. The van der Waals surface area contributed by atoms with E-state index < -0.39 is 0 Å². The molecule has 1 heterocycles. The maximum Gasteiger partial charge on any atom is 0.224 e. The van der Waals surface area contributed by atoms with Crippen LogP contribution < -0.4 is 16.0 Å². The predicted octanol–water partition coefficient (Wildman–Crippen LogP) is 3.61. The van der Waals surface area contributed by atoms with Crippen LogP contribution in [0.25, 0.3) is 0 Å². The molecule has 3 aromatic rings. The Morgan fingerprint density at radius 2 is 1.68 bits per heavy atom. The topological polar surface area (TPSA) is 78.9 Å². The quantitative estimate of drug-likeness (QED) is 0.524. The molecule has 0 aliphatic heterocycles. The summed E-state index contributed by atoms with van der Waals surface area (Å²) in [5.74, 6) is 1.26. The third-order valence-electron chi connectivity index (χ3n) is 4.12. The average Bonchev–Trinajstić information content (AvgIpc) is 2.67. The molecule has 0 saturated carbocycles. The maximum atomic E-state index is 12.0. The highest BCUT2D eigenvalue weighted by molar-refractivity contribution is 5.78. The molecule has 0 unspecified atom stereocenters. The Labute approximate surface area is 165 Å². The van der Waals surface area contributed by atoms with E-state index in [4.69, 9.17) is 0 Å². The van der Waals surface area contributed by atoms with Crippen LogP contribution in [0.5, 0.6) is 0 Å². The van der Waals surface area contributed by atoms with Gasteiger partial charge in [-0.3, -0.25) is 4.79 Å². The molecule has 2 aromatic carbocycles. The minimum Gasteiger partial charge on any atom is -0.354 e. The van der Waals surface area contributed by atoms with Crippen LogP contribution in [0, 0.1) is 13.8 Å². The van der Waals surface area contributed by atoms with Crippen LogP contribution in [0.15, 0.2) is 60.7 Å². The van der Waals surface area contributed by atoms with E-state index in [-0.39, 0.29) is 5.91 Å². The number of aryl methyl sites for hydroxylation is 2. The molecule has 0 bridgehead atoms. The number of nitrogens with zero attached hydrogens (tertiary/aromatic N) is 2. The predicted molar refractivity (Wildman–Crippen MR) is 113 cm³/mol. The second kappa shape index (κ2) is 9.50. The second-order valence-electron chi connectivity index (χ2n) is 6.65. The van der Waals surface area contributed by atoms with Crippen molar-refractivity contribution in [2.45, 2.75) is 20.3 Å². The largest absolute Gasteiger partial charge is 0.354 e. The molecule has 0 aliphatic carbocycles. The number of carbonyl (C=O) groups is 1. The minimum atomic E-state index is -0.000104. The summed E-state index contributed by atoms with van der Waals surface area (Å²) >= 11 is 0. The van der Waals surface area contributed by atoms with E-state index in [9.17, 15) is 4.79 Å². The van der Waals surface area contributed by atoms with Gasteiger partial charge in [0.05, 0.1) is 6.42 Å². The lowest BCUT2D eigenvalue weighted by Crippen LogP contribution is -2.30. The maximum absolute atomic E-state index is 12.0. The summed E-state index contributed by atoms with van der Waals surface area (Å²) in [5, 5.41) is 9.35. The second-order valence-corrected chi connectivity index (χ2v) is 6.65. The fraction of sp³-hybridized carbons (Fsp3) is 0.227. The van der Waals surface area contributed by atoms with Gasteiger partial charge in [0.15, 0.2) is 0 Å². The number of amides is 1. The molecule has 0 radical (unpaired) electrons. The first-order valence-corrected chi connectivity index (χ1v) is 9.32. The number of hydrogen-bond acceptors (Lipinski definition) is 5. The van der Waals surface area contributed by atoms with E-state index in [1.807, 2.05) is 67.6 Å². The van der Waals surface area contributed by atoms with Crippen molar-refractivity contribution in [1.82, 2.24) is 15.3 Å². The summed E-state index contributed by atoms with van der Waals surface area (Å²) in [5.41, 5.74) is 4.05. The lowest BCUT2D eigenvalue weighted by atomic mass is 10.1. The summed E-state index contributed by atoms with van der Waals surface area (Å²) in [4.78, 5) is 20.9.